The van der Waals surface area contributed by atoms with Gasteiger partial charge in [-0.3, -0.25) is 4.79 Å². The molecule has 0 aromatic carbocycles. The predicted octanol–water partition coefficient (Wildman–Crippen LogP) is 3.86. The number of hydrogen-bond donors (Lipinski definition) is 1. The van der Waals surface area contributed by atoms with E-state index < -0.39 is 0 Å². The first-order chi connectivity index (χ1) is 12.6. The van der Waals surface area contributed by atoms with Crippen LogP contribution in [0.1, 0.15) is 17.0 Å². The quantitative estimate of drug-likeness (QED) is 0.416. The number of carbonyl (C=O) groups excluding carboxylic acids is 1. The summed E-state index contributed by atoms with van der Waals surface area (Å²) in [5.41, 5.74) is 3.05. The standard InChI is InChI=1S/C18H16N4O2S2/c1-10-6-11(2)22-17-14(10)15-16(26-17)18(21-9-20-15)25-8-13(23)19-7-12-4-3-5-24-12/h3-6,9H,7-8H2,1-2H3,(H,19,23). The lowest BCUT2D eigenvalue weighted by Crippen LogP contribution is -2.24. The van der Waals surface area contributed by atoms with E-state index >= 15 is 0 Å². The molecule has 0 saturated carbocycles. The summed E-state index contributed by atoms with van der Waals surface area (Å²) in [4.78, 5) is 26.5. The van der Waals surface area contributed by atoms with E-state index in [4.69, 9.17) is 4.42 Å². The molecule has 1 N–H and O–H groups in total. The van der Waals surface area contributed by atoms with Gasteiger partial charge in [-0.05, 0) is 37.6 Å². The fourth-order valence-electron chi connectivity index (χ4n) is 2.78. The lowest BCUT2D eigenvalue weighted by molar-refractivity contribution is -0.118. The molecule has 0 spiro atoms. The van der Waals surface area contributed by atoms with E-state index in [2.05, 4.69) is 33.3 Å². The molecule has 132 valence electrons. The molecule has 0 radical (unpaired) electrons. The Hall–Kier alpha value is -2.45. The van der Waals surface area contributed by atoms with Gasteiger partial charge in [-0.25, -0.2) is 15.0 Å². The largest absolute Gasteiger partial charge is 0.467 e. The van der Waals surface area contributed by atoms with E-state index in [0.29, 0.717) is 6.54 Å². The Morgan fingerprint density at radius 2 is 2.23 bits per heavy atom. The highest BCUT2D eigenvalue weighted by Crippen LogP contribution is 2.37. The maximum absolute atomic E-state index is 12.1. The zero-order valence-corrected chi connectivity index (χ0v) is 15.9. The number of furan rings is 1. The van der Waals surface area contributed by atoms with E-state index in [0.717, 1.165) is 42.5 Å². The zero-order chi connectivity index (χ0) is 18.1. The molecule has 0 fully saturated rings. The molecule has 0 aliphatic heterocycles. The second-order valence-electron chi connectivity index (χ2n) is 5.86. The molecule has 8 heteroatoms. The van der Waals surface area contributed by atoms with Crippen LogP contribution in [0.2, 0.25) is 0 Å². The summed E-state index contributed by atoms with van der Waals surface area (Å²) in [5, 5.41) is 4.72. The minimum atomic E-state index is -0.0653. The van der Waals surface area contributed by atoms with Crippen LogP contribution >= 0.6 is 23.1 Å². The van der Waals surface area contributed by atoms with Crippen molar-refractivity contribution in [3.05, 3.63) is 47.8 Å². The van der Waals surface area contributed by atoms with Crippen LogP contribution in [0.25, 0.3) is 20.4 Å². The molecule has 26 heavy (non-hydrogen) atoms. The van der Waals surface area contributed by atoms with Gasteiger partial charge in [-0.15, -0.1) is 11.3 Å². The Morgan fingerprint density at radius 3 is 3.04 bits per heavy atom. The minimum Gasteiger partial charge on any atom is -0.467 e. The van der Waals surface area contributed by atoms with Crippen molar-refractivity contribution in [1.29, 1.82) is 0 Å². The summed E-state index contributed by atoms with van der Waals surface area (Å²) < 4.78 is 6.19. The molecular weight excluding hydrogens is 368 g/mol. The Balaban J connectivity index is 1.55. The molecular formula is C18H16N4O2S2. The van der Waals surface area contributed by atoms with Gasteiger partial charge in [-0.2, -0.15) is 0 Å². The molecule has 0 aliphatic rings. The summed E-state index contributed by atoms with van der Waals surface area (Å²) in [6, 6.07) is 5.69. The van der Waals surface area contributed by atoms with Crippen molar-refractivity contribution < 1.29 is 9.21 Å². The molecule has 0 bridgehead atoms. The number of pyridine rings is 1. The van der Waals surface area contributed by atoms with E-state index in [1.54, 1.807) is 30.0 Å². The zero-order valence-electron chi connectivity index (χ0n) is 14.3. The van der Waals surface area contributed by atoms with Gasteiger partial charge in [-0.1, -0.05) is 11.8 Å². The van der Waals surface area contributed by atoms with Gasteiger partial charge in [0.05, 0.1) is 28.8 Å². The van der Waals surface area contributed by atoms with Crippen molar-refractivity contribution in [3.63, 3.8) is 0 Å². The van der Waals surface area contributed by atoms with E-state index in [9.17, 15) is 4.79 Å². The first kappa shape index (κ1) is 17.0. The Morgan fingerprint density at radius 1 is 1.35 bits per heavy atom. The highest BCUT2D eigenvalue weighted by atomic mass is 32.2. The fraction of sp³-hybridized carbons (Fsp3) is 0.222. The smallest absolute Gasteiger partial charge is 0.230 e. The Labute approximate surface area is 158 Å². The average molecular weight is 384 g/mol. The molecule has 0 atom stereocenters. The first-order valence-electron chi connectivity index (χ1n) is 8.05. The van der Waals surface area contributed by atoms with Gasteiger partial charge in [0, 0.05) is 11.1 Å². The van der Waals surface area contributed by atoms with E-state index in [1.165, 1.54) is 11.8 Å². The number of aryl methyl sites for hydroxylation is 2. The Bertz CT molecular complexity index is 1090. The van der Waals surface area contributed by atoms with E-state index in [1.807, 2.05) is 13.0 Å². The normalized spacial score (nSPS) is 11.3. The molecule has 4 rings (SSSR count). The van der Waals surface area contributed by atoms with Crippen LogP contribution in [0.4, 0.5) is 0 Å². The molecule has 4 aromatic heterocycles. The third-order valence-electron chi connectivity index (χ3n) is 3.90. The van der Waals surface area contributed by atoms with Crippen LogP contribution in [-0.2, 0) is 11.3 Å². The maximum Gasteiger partial charge on any atom is 0.230 e. The third-order valence-corrected chi connectivity index (χ3v) is 6.10. The third kappa shape index (κ3) is 3.30. The molecule has 4 heterocycles. The lowest BCUT2D eigenvalue weighted by atomic mass is 10.1. The van der Waals surface area contributed by atoms with E-state index in [-0.39, 0.29) is 11.7 Å². The van der Waals surface area contributed by atoms with Crippen LogP contribution in [-0.4, -0.2) is 26.6 Å². The molecule has 6 nitrogen and oxygen atoms in total. The van der Waals surface area contributed by atoms with Gasteiger partial charge in [0.2, 0.25) is 5.91 Å². The number of nitrogens with one attached hydrogen (secondary N) is 1. The summed E-state index contributed by atoms with van der Waals surface area (Å²) in [6.45, 7) is 4.44. The summed E-state index contributed by atoms with van der Waals surface area (Å²) in [5.74, 6) is 0.950. The van der Waals surface area contributed by atoms with Crippen molar-refractivity contribution in [3.8, 4) is 0 Å². The fourth-order valence-corrected chi connectivity index (χ4v) is 4.93. The van der Waals surface area contributed by atoms with Crippen LogP contribution in [0.15, 0.2) is 40.2 Å². The maximum atomic E-state index is 12.1. The molecule has 0 unspecified atom stereocenters. The van der Waals surface area contributed by atoms with Crippen LogP contribution in [0.3, 0.4) is 0 Å². The second kappa shape index (κ2) is 7.05. The number of carbonyl (C=O) groups is 1. The molecule has 0 saturated heterocycles. The summed E-state index contributed by atoms with van der Waals surface area (Å²) in [6.07, 6.45) is 3.14. The van der Waals surface area contributed by atoms with Gasteiger partial charge < -0.3 is 9.73 Å². The highest BCUT2D eigenvalue weighted by Gasteiger charge is 2.15. The Kier molecular flexibility index (Phi) is 4.60. The number of hydrogen-bond acceptors (Lipinski definition) is 7. The topological polar surface area (TPSA) is 80.9 Å². The number of aromatic nitrogens is 3. The predicted molar refractivity (Wildman–Crippen MR) is 103 cm³/mol. The number of thiophene rings is 1. The first-order valence-corrected chi connectivity index (χ1v) is 9.85. The number of nitrogens with zero attached hydrogens (tertiary/aromatic N) is 3. The van der Waals surface area contributed by atoms with Gasteiger partial charge in [0.1, 0.15) is 21.9 Å². The highest BCUT2D eigenvalue weighted by molar-refractivity contribution is 8.00. The van der Waals surface area contributed by atoms with Gasteiger partial charge in [0.25, 0.3) is 0 Å². The molecule has 0 aliphatic carbocycles. The van der Waals surface area contributed by atoms with Crippen molar-refractivity contribution in [2.75, 3.05) is 5.75 Å². The average Bonchev–Trinajstić information content (AvgIpc) is 3.25. The van der Waals surface area contributed by atoms with Crippen LogP contribution in [0.5, 0.6) is 0 Å². The number of amides is 1. The summed E-state index contributed by atoms with van der Waals surface area (Å²) >= 11 is 2.99. The number of fused-ring (bicyclic) bond motifs is 3. The number of thioether (sulfide) groups is 1. The van der Waals surface area contributed by atoms with Gasteiger partial charge >= 0.3 is 0 Å². The van der Waals surface area contributed by atoms with Crippen molar-refractivity contribution >= 4 is 49.4 Å². The van der Waals surface area contributed by atoms with Gasteiger partial charge in [0.15, 0.2) is 0 Å². The SMILES string of the molecule is Cc1cc(C)c2c(n1)sc1c(SCC(=O)NCc3ccco3)ncnc12. The van der Waals surface area contributed by atoms with Crippen molar-refractivity contribution in [2.24, 2.45) is 0 Å². The molecule has 4 aromatic rings. The second-order valence-corrected chi connectivity index (χ2v) is 7.83. The van der Waals surface area contributed by atoms with Crippen LogP contribution in [0, 0.1) is 13.8 Å². The monoisotopic (exact) mass is 384 g/mol. The van der Waals surface area contributed by atoms with Crippen molar-refractivity contribution in [2.45, 2.75) is 25.4 Å². The number of rotatable bonds is 5. The van der Waals surface area contributed by atoms with Crippen LogP contribution < -0.4 is 5.32 Å². The molecule has 1 amide bonds. The minimum absolute atomic E-state index is 0.0653. The summed E-state index contributed by atoms with van der Waals surface area (Å²) in [7, 11) is 0. The lowest BCUT2D eigenvalue weighted by Gasteiger charge is -2.03. The van der Waals surface area contributed by atoms with Crippen molar-refractivity contribution in [1.82, 2.24) is 20.3 Å².